The summed E-state index contributed by atoms with van der Waals surface area (Å²) in [7, 11) is 0. The van der Waals surface area contributed by atoms with Crippen LogP contribution in [0.5, 0.6) is 0 Å². The molecule has 1 N–H and O–H groups in total. The summed E-state index contributed by atoms with van der Waals surface area (Å²) in [5, 5.41) is 9.37. The molecule has 1 rings (SSSR count). The second kappa shape index (κ2) is 4.82. The lowest BCUT2D eigenvalue weighted by molar-refractivity contribution is -0.128. The highest BCUT2D eigenvalue weighted by atomic mass is 35.5. The molecule has 1 fully saturated rings. The zero-order chi connectivity index (χ0) is 9.84. The normalized spacial score (nSPS) is 25.3. The SMILES string of the molecule is CCC(O)CN1CC(CCl)CC1=O. The molecule has 0 saturated carbocycles. The molecule has 2 unspecified atom stereocenters. The predicted molar refractivity (Wildman–Crippen MR) is 51.7 cm³/mol. The van der Waals surface area contributed by atoms with E-state index in [-0.39, 0.29) is 11.8 Å². The number of halogens is 1. The van der Waals surface area contributed by atoms with Gasteiger partial charge >= 0.3 is 0 Å². The predicted octanol–water partition coefficient (Wildman–Crippen LogP) is 0.845. The van der Waals surface area contributed by atoms with Crippen LogP contribution in [0.2, 0.25) is 0 Å². The fourth-order valence-electron chi connectivity index (χ4n) is 1.52. The van der Waals surface area contributed by atoms with Gasteiger partial charge in [0.05, 0.1) is 6.10 Å². The van der Waals surface area contributed by atoms with E-state index in [4.69, 9.17) is 11.6 Å². The molecule has 0 spiro atoms. The smallest absolute Gasteiger partial charge is 0.223 e. The molecule has 0 bridgehead atoms. The van der Waals surface area contributed by atoms with Gasteiger partial charge in [0, 0.05) is 25.4 Å². The van der Waals surface area contributed by atoms with Crippen LogP contribution in [-0.2, 0) is 4.79 Å². The molecule has 4 heteroatoms. The van der Waals surface area contributed by atoms with Gasteiger partial charge in [-0.2, -0.15) is 0 Å². The van der Waals surface area contributed by atoms with Crippen molar-refractivity contribution in [2.45, 2.75) is 25.9 Å². The molecule has 0 aliphatic carbocycles. The van der Waals surface area contributed by atoms with Crippen LogP contribution in [0, 0.1) is 5.92 Å². The lowest BCUT2D eigenvalue weighted by atomic mass is 10.1. The fraction of sp³-hybridized carbons (Fsp3) is 0.889. The number of likely N-dealkylation sites (tertiary alicyclic amines) is 1. The first-order valence-corrected chi connectivity index (χ1v) is 5.22. The van der Waals surface area contributed by atoms with Crippen LogP contribution in [0.15, 0.2) is 0 Å². The fourth-order valence-corrected chi connectivity index (χ4v) is 1.72. The third-order valence-electron chi connectivity index (χ3n) is 2.42. The quantitative estimate of drug-likeness (QED) is 0.692. The molecule has 76 valence electrons. The molecule has 0 aromatic carbocycles. The van der Waals surface area contributed by atoms with E-state index in [9.17, 15) is 9.90 Å². The lowest BCUT2D eigenvalue weighted by Crippen LogP contribution is -2.33. The van der Waals surface area contributed by atoms with Crippen molar-refractivity contribution in [2.24, 2.45) is 5.92 Å². The number of carbonyl (C=O) groups is 1. The maximum atomic E-state index is 11.4. The summed E-state index contributed by atoms with van der Waals surface area (Å²) >= 11 is 5.67. The van der Waals surface area contributed by atoms with Crippen LogP contribution in [-0.4, -0.2) is 41.0 Å². The molecule has 3 nitrogen and oxygen atoms in total. The highest BCUT2D eigenvalue weighted by Crippen LogP contribution is 2.19. The zero-order valence-electron chi connectivity index (χ0n) is 7.87. The molecule has 1 aliphatic rings. The Morgan fingerprint density at radius 2 is 2.46 bits per heavy atom. The molecule has 1 saturated heterocycles. The minimum atomic E-state index is -0.391. The standard InChI is InChI=1S/C9H16ClNO2/c1-2-8(12)6-11-5-7(4-10)3-9(11)13/h7-8,12H,2-6H2,1H3. The summed E-state index contributed by atoms with van der Waals surface area (Å²) in [5.41, 5.74) is 0. The van der Waals surface area contributed by atoms with Crippen molar-refractivity contribution in [3.63, 3.8) is 0 Å². The summed E-state index contributed by atoms with van der Waals surface area (Å²) < 4.78 is 0. The Bertz CT molecular complexity index is 186. The summed E-state index contributed by atoms with van der Waals surface area (Å²) in [6.45, 7) is 3.08. The monoisotopic (exact) mass is 205 g/mol. The van der Waals surface area contributed by atoms with Crippen molar-refractivity contribution in [1.29, 1.82) is 0 Å². The molecule has 1 amide bonds. The van der Waals surface area contributed by atoms with Gasteiger partial charge in [-0.15, -0.1) is 11.6 Å². The molecule has 1 heterocycles. The number of rotatable bonds is 4. The van der Waals surface area contributed by atoms with Crippen LogP contribution in [0.25, 0.3) is 0 Å². The van der Waals surface area contributed by atoms with Gasteiger partial charge in [-0.3, -0.25) is 4.79 Å². The van der Waals surface area contributed by atoms with Crippen LogP contribution in [0.1, 0.15) is 19.8 Å². The maximum Gasteiger partial charge on any atom is 0.223 e. The number of aliphatic hydroxyl groups is 1. The Hall–Kier alpha value is -0.280. The molecular weight excluding hydrogens is 190 g/mol. The topological polar surface area (TPSA) is 40.5 Å². The molecule has 1 aliphatic heterocycles. The summed E-state index contributed by atoms with van der Waals surface area (Å²) in [4.78, 5) is 13.1. The number of hydrogen-bond acceptors (Lipinski definition) is 2. The largest absolute Gasteiger partial charge is 0.391 e. The molecule has 13 heavy (non-hydrogen) atoms. The van der Waals surface area contributed by atoms with Gasteiger partial charge in [-0.05, 0) is 12.3 Å². The Morgan fingerprint density at radius 3 is 2.92 bits per heavy atom. The number of aliphatic hydroxyl groups excluding tert-OH is 1. The van der Waals surface area contributed by atoms with Gasteiger partial charge < -0.3 is 10.0 Å². The van der Waals surface area contributed by atoms with E-state index in [1.807, 2.05) is 6.92 Å². The van der Waals surface area contributed by atoms with E-state index in [2.05, 4.69) is 0 Å². The summed E-state index contributed by atoms with van der Waals surface area (Å²) in [5.74, 6) is 0.932. The third-order valence-corrected chi connectivity index (χ3v) is 2.85. The van der Waals surface area contributed by atoms with E-state index in [1.54, 1.807) is 4.90 Å². The first-order valence-electron chi connectivity index (χ1n) is 4.69. The second-order valence-electron chi connectivity index (χ2n) is 3.59. The van der Waals surface area contributed by atoms with Gasteiger partial charge in [0.2, 0.25) is 5.91 Å². The van der Waals surface area contributed by atoms with Crippen LogP contribution in [0.3, 0.4) is 0 Å². The van der Waals surface area contributed by atoms with Crippen molar-refractivity contribution in [3.8, 4) is 0 Å². The average molecular weight is 206 g/mol. The Morgan fingerprint density at radius 1 is 1.77 bits per heavy atom. The van der Waals surface area contributed by atoms with Crippen LogP contribution >= 0.6 is 11.6 Å². The lowest BCUT2D eigenvalue weighted by Gasteiger charge is -2.19. The molecular formula is C9H16ClNO2. The molecule has 0 aromatic heterocycles. The van der Waals surface area contributed by atoms with Gasteiger partial charge in [0.1, 0.15) is 0 Å². The first-order chi connectivity index (χ1) is 6.17. The number of nitrogens with zero attached hydrogens (tertiary/aromatic N) is 1. The van der Waals surface area contributed by atoms with E-state index in [1.165, 1.54) is 0 Å². The van der Waals surface area contributed by atoms with Crippen molar-refractivity contribution < 1.29 is 9.90 Å². The van der Waals surface area contributed by atoms with E-state index >= 15 is 0 Å². The van der Waals surface area contributed by atoms with Crippen LogP contribution in [0.4, 0.5) is 0 Å². The number of alkyl halides is 1. The molecule has 0 aromatic rings. The Kier molecular flexibility index (Phi) is 4.00. The highest BCUT2D eigenvalue weighted by Gasteiger charge is 2.29. The van der Waals surface area contributed by atoms with E-state index < -0.39 is 6.10 Å². The minimum absolute atomic E-state index is 0.123. The van der Waals surface area contributed by atoms with Crippen LogP contribution < -0.4 is 0 Å². The number of hydrogen-bond donors (Lipinski definition) is 1. The van der Waals surface area contributed by atoms with Crippen molar-refractivity contribution in [1.82, 2.24) is 4.90 Å². The maximum absolute atomic E-state index is 11.4. The number of β-amino-alcohol motifs (C(OH)–C–C–N with tert-alkyl or cyclic N) is 1. The van der Waals surface area contributed by atoms with E-state index in [0.717, 1.165) is 0 Å². The summed E-state index contributed by atoms with van der Waals surface area (Å²) in [6.07, 6.45) is 0.841. The number of amides is 1. The van der Waals surface area contributed by atoms with Crippen molar-refractivity contribution in [3.05, 3.63) is 0 Å². The van der Waals surface area contributed by atoms with Crippen molar-refractivity contribution in [2.75, 3.05) is 19.0 Å². The third kappa shape index (κ3) is 2.85. The minimum Gasteiger partial charge on any atom is -0.391 e. The summed E-state index contributed by atoms with van der Waals surface area (Å²) in [6, 6.07) is 0. The molecule has 0 radical (unpaired) electrons. The average Bonchev–Trinajstić information content (AvgIpc) is 2.47. The number of carbonyl (C=O) groups excluding carboxylic acids is 1. The second-order valence-corrected chi connectivity index (χ2v) is 3.89. The van der Waals surface area contributed by atoms with Gasteiger partial charge in [-0.1, -0.05) is 6.92 Å². The van der Waals surface area contributed by atoms with Crippen molar-refractivity contribution >= 4 is 17.5 Å². The van der Waals surface area contributed by atoms with Gasteiger partial charge in [0.25, 0.3) is 0 Å². The Labute approximate surface area is 83.7 Å². The first kappa shape index (κ1) is 10.8. The highest BCUT2D eigenvalue weighted by molar-refractivity contribution is 6.18. The van der Waals surface area contributed by atoms with Gasteiger partial charge in [0.15, 0.2) is 0 Å². The molecule has 2 atom stereocenters. The Balaban J connectivity index is 2.39. The zero-order valence-corrected chi connectivity index (χ0v) is 8.63. The van der Waals surface area contributed by atoms with Gasteiger partial charge in [-0.25, -0.2) is 0 Å². The van der Waals surface area contributed by atoms with E-state index in [0.29, 0.717) is 31.8 Å².